The van der Waals surface area contributed by atoms with Crippen LogP contribution in [0.3, 0.4) is 0 Å². The number of nitrogens with zero attached hydrogens (tertiary/aromatic N) is 1. The quantitative estimate of drug-likeness (QED) is 0.906. The minimum atomic E-state index is -0.0424. The maximum absolute atomic E-state index is 12.1. The maximum Gasteiger partial charge on any atom is 0.231 e. The normalized spacial score (nSPS) is 13.6. The second kappa shape index (κ2) is 6.24. The van der Waals surface area contributed by atoms with Crippen molar-refractivity contribution >= 4 is 22.9 Å². The Labute approximate surface area is 127 Å². The van der Waals surface area contributed by atoms with Crippen LogP contribution in [0.5, 0.6) is 5.75 Å². The van der Waals surface area contributed by atoms with Crippen LogP contribution in [-0.4, -0.2) is 24.5 Å². The molecule has 0 radical (unpaired) electrons. The van der Waals surface area contributed by atoms with Crippen LogP contribution in [0.25, 0.3) is 0 Å². The van der Waals surface area contributed by atoms with Crippen molar-refractivity contribution in [3.63, 3.8) is 0 Å². The molecule has 2 aromatic rings. The van der Waals surface area contributed by atoms with Crippen LogP contribution in [0.1, 0.15) is 15.6 Å². The number of aromatic nitrogens is 1. The molecule has 6 heteroatoms. The molecule has 1 aliphatic heterocycles. The Balaban J connectivity index is 1.61. The van der Waals surface area contributed by atoms with E-state index in [4.69, 9.17) is 4.74 Å². The molecule has 0 fully saturated rings. The fourth-order valence-electron chi connectivity index (χ4n) is 2.27. The van der Waals surface area contributed by atoms with Gasteiger partial charge in [0.25, 0.3) is 0 Å². The largest absolute Gasteiger partial charge is 0.497 e. The summed E-state index contributed by atoms with van der Waals surface area (Å²) in [6, 6.07) is 7.30. The summed E-state index contributed by atoms with van der Waals surface area (Å²) in [5.41, 5.74) is 1.91. The van der Waals surface area contributed by atoms with E-state index in [1.54, 1.807) is 18.4 Å². The monoisotopic (exact) mass is 303 g/mol. The lowest BCUT2D eigenvalue weighted by atomic mass is 10.2. The van der Waals surface area contributed by atoms with Crippen molar-refractivity contribution in [2.45, 2.75) is 19.4 Å². The molecular formula is C15H17N3O2S. The van der Waals surface area contributed by atoms with E-state index in [1.807, 2.05) is 24.3 Å². The molecule has 21 heavy (non-hydrogen) atoms. The summed E-state index contributed by atoms with van der Waals surface area (Å²) >= 11 is 1.63. The molecule has 0 saturated carbocycles. The lowest BCUT2D eigenvalue weighted by Gasteiger charge is -2.09. The van der Waals surface area contributed by atoms with Crippen LogP contribution in [0, 0.1) is 0 Å². The Kier molecular flexibility index (Phi) is 4.17. The Morgan fingerprint density at radius 2 is 2.24 bits per heavy atom. The summed E-state index contributed by atoms with van der Waals surface area (Å²) in [7, 11) is 1.62. The molecule has 1 amide bonds. The molecule has 0 saturated heterocycles. The molecule has 0 spiro atoms. The summed E-state index contributed by atoms with van der Waals surface area (Å²) in [5, 5.41) is 7.08. The predicted octanol–water partition coefficient (Wildman–Crippen LogP) is 1.98. The molecule has 0 unspecified atom stereocenters. The Bertz CT molecular complexity index is 613. The second-order valence-electron chi connectivity index (χ2n) is 4.86. The molecule has 3 rings (SSSR count). The van der Waals surface area contributed by atoms with Gasteiger partial charge in [0.1, 0.15) is 10.8 Å². The number of hydrogen-bond donors (Lipinski definition) is 2. The number of hydrogen-bond acceptors (Lipinski definition) is 5. The van der Waals surface area contributed by atoms with Crippen molar-refractivity contribution in [3.8, 4) is 5.75 Å². The zero-order valence-corrected chi connectivity index (χ0v) is 12.6. The van der Waals surface area contributed by atoms with Crippen molar-refractivity contribution in [2.75, 3.05) is 19.0 Å². The number of thiazole rings is 1. The third-order valence-electron chi connectivity index (χ3n) is 3.33. The molecule has 1 aromatic heterocycles. The lowest BCUT2D eigenvalue weighted by Crippen LogP contribution is -2.22. The van der Waals surface area contributed by atoms with Gasteiger partial charge in [0.2, 0.25) is 5.91 Å². The third-order valence-corrected chi connectivity index (χ3v) is 4.43. The van der Waals surface area contributed by atoms with Gasteiger partial charge in [-0.05, 0) is 24.3 Å². The number of methoxy groups -OCH3 is 1. The molecule has 2 N–H and O–H groups in total. The standard InChI is InChI=1S/C15H17N3O2S/c1-20-11-4-2-10(3-5-11)17-14(19)8-15-18-12-6-7-16-9-13(12)21-15/h2-5,16H,6-9H2,1H3,(H,17,19). The van der Waals surface area contributed by atoms with E-state index in [1.165, 1.54) is 4.88 Å². The average molecular weight is 303 g/mol. The van der Waals surface area contributed by atoms with Gasteiger partial charge >= 0.3 is 0 Å². The van der Waals surface area contributed by atoms with Crippen LogP contribution >= 0.6 is 11.3 Å². The second-order valence-corrected chi connectivity index (χ2v) is 6.03. The van der Waals surface area contributed by atoms with Gasteiger partial charge in [-0.3, -0.25) is 4.79 Å². The number of fused-ring (bicyclic) bond motifs is 1. The SMILES string of the molecule is COc1ccc(NC(=O)Cc2nc3c(s2)CNCC3)cc1. The topological polar surface area (TPSA) is 63.2 Å². The fraction of sp³-hybridized carbons (Fsp3) is 0.333. The Morgan fingerprint density at radius 3 is 2.95 bits per heavy atom. The Morgan fingerprint density at radius 1 is 1.43 bits per heavy atom. The number of carbonyl (C=O) groups is 1. The predicted molar refractivity (Wildman–Crippen MR) is 82.9 cm³/mol. The first-order valence-corrected chi connectivity index (χ1v) is 7.68. The average Bonchev–Trinajstić information content (AvgIpc) is 2.90. The maximum atomic E-state index is 12.1. The van der Waals surface area contributed by atoms with E-state index >= 15 is 0 Å². The third kappa shape index (κ3) is 3.40. The zero-order chi connectivity index (χ0) is 14.7. The molecule has 0 bridgehead atoms. The summed E-state index contributed by atoms with van der Waals surface area (Å²) in [6.45, 7) is 1.83. The molecule has 5 nitrogen and oxygen atoms in total. The summed E-state index contributed by atoms with van der Waals surface area (Å²) in [6.07, 6.45) is 1.27. The smallest absolute Gasteiger partial charge is 0.231 e. The lowest BCUT2D eigenvalue weighted by molar-refractivity contribution is -0.115. The Hall–Kier alpha value is -1.92. The first-order chi connectivity index (χ1) is 10.2. The van der Waals surface area contributed by atoms with E-state index in [2.05, 4.69) is 15.6 Å². The molecule has 2 heterocycles. The van der Waals surface area contributed by atoms with Crippen molar-refractivity contribution in [3.05, 3.63) is 39.8 Å². The van der Waals surface area contributed by atoms with E-state index < -0.39 is 0 Å². The van der Waals surface area contributed by atoms with E-state index in [0.29, 0.717) is 6.42 Å². The number of amides is 1. The molecular weight excluding hydrogens is 286 g/mol. The van der Waals surface area contributed by atoms with Crippen molar-refractivity contribution in [1.82, 2.24) is 10.3 Å². The van der Waals surface area contributed by atoms with Crippen LogP contribution in [0.2, 0.25) is 0 Å². The highest BCUT2D eigenvalue weighted by molar-refractivity contribution is 7.11. The highest BCUT2D eigenvalue weighted by Gasteiger charge is 2.16. The van der Waals surface area contributed by atoms with Gasteiger partial charge < -0.3 is 15.4 Å². The first-order valence-electron chi connectivity index (χ1n) is 6.86. The van der Waals surface area contributed by atoms with Crippen LogP contribution in [-0.2, 0) is 24.2 Å². The molecule has 0 atom stereocenters. The van der Waals surface area contributed by atoms with Crippen molar-refractivity contribution in [2.24, 2.45) is 0 Å². The fourth-order valence-corrected chi connectivity index (χ4v) is 3.35. The minimum Gasteiger partial charge on any atom is -0.497 e. The first kappa shape index (κ1) is 14.0. The minimum absolute atomic E-state index is 0.0424. The van der Waals surface area contributed by atoms with Crippen LogP contribution in [0.15, 0.2) is 24.3 Å². The molecule has 110 valence electrons. The van der Waals surface area contributed by atoms with Crippen molar-refractivity contribution in [1.29, 1.82) is 0 Å². The number of anilines is 1. The van der Waals surface area contributed by atoms with Crippen LogP contribution < -0.4 is 15.4 Å². The number of benzene rings is 1. The zero-order valence-electron chi connectivity index (χ0n) is 11.8. The number of nitrogens with one attached hydrogen (secondary N) is 2. The van der Waals surface area contributed by atoms with Gasteiger partial charge in [-0.15, -0.1) is 11.3 Å². The number of ether oxygens (including phenoxy) is 1. The van der Waals surface area contributed by atoms with E-state index in [9.17, 15) is 4.79 Å². The van der Waals surface area contributed by atoms with Gasteiger partial charge in [-0.1, -0.05) is 0 Å². The van der Waals surface area contributed by atoms with Crippen LogP contribution in [0.4, 0.5) is 5.69 Å². The number of rotatable bonds is 4. The molecule has 0 aliphatic carbocycles. The summed E-state index contributed by atoms with van der Waals surface area (Å²) in [4.78, 5) is 17.9. The highest BCUT2D eigenvalue weighted by Crippen LogP contribution is 2.22. The number of carbonyl (C=O) groups excluding carboxylic acids is 1. The van der Waals surface area contributed by atoms with Gasteiger partial charge in [-0.25, -0.2) is 4.98 Å². The van der Waals surface area contributed by atoms with Gasteiger partial charge in [-0.2, -0.15) is 0 Å². The van der Waals surface area contributed by atoms with Crippen molar-refractivity contribution < 1.29 is 9.53 Å². The summed E-state index contributed by atoms with van der Waals surface area (Å²) in [5.74, 6) is 0.729. The summed E-state index contributed by atoms with van der Waals surface area (Å²) < 4.78 is 5.09. The van der Waals surface area contributed by atoms with Gasteiger partial charge in [0.05, 0.1) is 19.2 Å². The molecule has 1 aromatic carbocycles. The highest BCUT2D eigenvalue weighted by atomic mass is 32.1. The van der Waals surface area contributed by atoms with E-state index in [0.717, 1.165) is 41.6 Å². The molecule has 1 aliphatic rings. The van der Waals surface area contributed by atoms with Gasteiger partial charge in [0, 0.05) is 30.1 Å². The van der Waals surface area contributed by atoms with Gasteiger partial charge in [0.15, 0.2) is 0 Å². The van der Waals surface area contributed by atoms with E-state index in [-0.39, 0.29) is 5.91 Å².